The number of imidazole rings is 1. The number of halogens is 2. The normalized spacial score (nSPS) is 19.9. The average Bonchev–Trinajstić information content (AvgIpc) is 2.96. The first-order chi connectivity index (χ1) is 9.13. The van der Waals surface area contributed by atoms with Crippen LogP contribution in [0, 0.1) is 0 Å². The van der Waals surface area contributed by atoms with Crippen LogP contribution >= 0.6 is 43.2 Å². The minimum Gasteiger partial charge on any atom is -0.375 e. The van der Waals surface area contributed by atoms with Crippen LogP contribution < -0.4 is 4.90 Å². The van der Waals surface area contributed by atoms with Gasteiger partial charge < -0.3 is 9.64 Å². The van der Waals surface area contributed by atoms with E-state index in [0.29, 0.717) is 0 Å². The van der Waals surface area contributed by atoms with Gasteiger partial charge in [0.25, 0.3) is 0 Å². The van der Waals surface area contributed by atoms with Gasteiger partial charge in [0.05, 0.1) is 12.7 Å². The van der Waals surface area contributed by atoms with Gasteiger partial charge in [-0.05, 0) is 38.8 Å². The Labute approximate surface area is 131 Å². The van der Waals surface area contributed by atoms with Crippen LogP contribution in [0.15, 0.2) is 20.9 Å². The van der Waals surface area contributed by atoms with Crippen LogP contribution in [-0.2, 0) is 4.74 Å². The fraction of sp³-hybridized carbons (Fsp3) is 0.455. The Hall–Kier alpha value is -0.440. The van der Waals surface area contributed by atoms with Gasteiger partial charge in [0.1, 0.15) is 4.60 Å². The Kier molecular flexibility index (Phi) is 3.93. The Balaban J connectivity index is 1.85. The third-order valence-corrected chi connectivity index (χ3v) is 4.70. The van der Waals surface area contributed by atoms with E-state index in [9.17, 15) is 0 Å². The summed E-state index contributed by atoms with van der Waals surface area (Å²) in [4.78, 5) is 11.2. The lowest BCUT2D eigenvalue weighted by atomic mass is 10.3. The zero-order chi connectivity index (χ0) is 13.4. The van der Waals surface area contributed by atoms with Crippen molar-refractivity contribution in [1.82, 2.24) is 14.5 Å². The second kappa shape index (κ2) is 5.51. The van der Waals surface area contributed by atoms with Crippen LogP contribution in [0.1, 0.15) is 6.92 Å². The van der Waals surface area contributed by atoms with E-state index in [1.807, 2.05) is 16.1 Å². The standard InChI is InChI=1S/C11H12Br2N4OS/c1-7-4-16(2-3-18-7)11-15-9(6-19-11)17-5-8(12)14-10(17)13/h5-7H,2-4H2,1H3. The molecular weight excluding hydrogens is 396 g/mol. The fourth-order valence-electron chi connectivity index (χ4n) is 2.00. The molecule has 19 heavy (non-hydrogen) atoms. The van der Waals surface area contributed by atoms with E-state index in [0.717, 1.165) is 40.0 Å². The lowest BCUT2D eigenvalue weighted by Crippen LogP contribution is -2.41. The highest BCUT2D eigenvalue weighted by Gasteiger charge is 2.20. The number of thiazole rings is 1. The number of hydrogen-bond acceptors (Lipinski definition) is 5. The molecule has 0 N–H and O–H groups in total. The Bertz CT molecular complexity index is 585. The SMILES string of the molecule is CC1CN(c2nc(-n3cc(Br)nc3Br)cs2)CCO1. The molecule has 1 atom stereocenters. The van der Waals surface area contributed by atoms with Gasteiger partial charge in [-0.2, -0.15) is 0 Å². The Morgan fingerprint density at radius 3 is 2.95 bits per heavy atom. The maximum absolute atomic E-state index is 5.55. The van der Waals surface area contributed by atoms with E-state index in [4.69, 9.17) is 4.74 Å². The highest BCUT2D eigenvalue weighted by Crippen LogP contribution is 2.27. The third kappa shape index (κ3) is 2.86. The first-order valence-electron chi connectivity index (χ1n) is 5.86. The predicted octanol–water partition coefficient (Wildman–Crippen LogP) is 3.08. The molecule has 3 heterocycles. The lowest BCUT2D eigenvalue weighted by molar-refractivity contribution is 0.0532. The molecule has 1 aliphatic rings. The largest absolute Gasteiger partial charge is 0.375 e. The Morgan fingerprint density at radius 2 is 2.26 bits per heavy atom. The molecule has 5 nitrogen and oxygen atoms in total. The van der Waals surface area contributed by atoms with Crippen molar-refractivity contribution >= 4 is 48.3 Å². The molecule has 0 spiro atoms. The first kappa shape index (κ1) is 13.5. The summed E-state index contributed by atoms with van der Waals surface area (Å²) >= 11 is 8.43. The van der Waals surface area contributed by atoms with E-state index in [2.05, 4.69) is 53.7 Å². The van der Waals surface area contributed by atoms with Gasteiger partial charge in [-0.1, -0.05) is 0 Å². The molecule has 0 aliphatic carbocycles. The summed E-state index contributed by atoms with van der Waals surface area (Å²) in [6, 6.07) is 0. The molecule has 3 rings (SSSR count). The van der Waals surface area contributed by atoms with Crippen LogP contribution in [0.5, 0.6) is 0 Å². The van der Waals surface area contributed by atoms with Crippen LogP contribution in [-0.4, -0.2) is 40.3 Å². The molecule has 2 aromatic rings. The molecular formula is C11H12Br2N4OS. The molecule has 0 amide bonds. The maximum atomic E-state index is 5.55. The van der Waals surface area contributed by atoms with E-state index in [-0.39, 0.29) is 6.10 Å². The van der Waals surface area contributed by atoms with Gasteiger partial charge in [-0.3, -0.25) is 4.57 Å². The summed E-state index contributed by atoms with van der Waals surface area (Å²) in [5.41, 5.74) is 0. The van der Waals surface area contributed by atoms with E-state index in [1.54, 1.807) is 11.3 Å². The number of aromatic nitrogens is 3. The fourth-order valence-corrected chi connectivity index (χ4v) is 3.92. The smallest absolute Gasteiger partial charge is 0.187 e. The highest BCUT2D eigenvalue weighted by atomic mass is 79.9. The third-order valence-electron chi connectivity index (χ3n) is 2.87. The van der Waals surface area contributed by atoms with Crippen LogP contribution in [0.3, 0.4) is 0 Å². The van der Waals surface area contributed by atoms with Crippen molar-refractivity contribution in [3.8, 4) is 5.82 Å². The van der Waals surface area contributed by atoms with E-state index >= 15 is 0 Å². The zero-order valence-electron chi connectivity index (χ0n) is 10.2. The summed E-state index contributed by atoms with van der Waals surface area (Å²) in [5.74, 6) is 0.879. The molecule has 1 aliphatic heterocycles. The van der Waals surface area contributed by atoms with Crippen molar-refractivity contribution in [3.63, 3.8) is 0 Å². The molecule has 0 aromatic carbocycles. The molecule has 0 saturated carbocycles. The summed E-state index contributed by atoms with van der Waals surface area (Å²) in [6.07, 6.45) is 2.15. The van der Waals surface area contributed by atoms with Crippen molar-refractivity contribution in [1.29, 1.82) is 0 Å². The molecule has 0 radical (unpaired) electrons. The highest BCUT2D eigenvalue weighted by molar-refractivity contribution is 9.11. The number of rotatable bonds is 2. The first-order valence-corrected chi connectivity index (χ1v) is 8.33. The van der Waals surface area contributed by atoms with Crippen molar-refractivity contribution < 1.29 is 4.74 Å². The lowest BCUT2D eigenvalue weighted by Gasteiger charge is -2.30. The topological polar surface area (TPSA) is 43.2 Å². The number of morpholine rings is 1. The number of nitrogens with zero attached hydrogens (tertiary/aromatic N) is 4. The summed E-state index contributed by atoms with van der Waals surface area (Å²) in [7, 11) is 0. The van der Waals surface area contributed by atoms with Gasteiger partial charge in [0.2, 0.25) is 0 Å². The number of anilines is 1. The molecule has 8 heteroatoms. The van der Waals surface area contributed by atoms with E-state index in [1.165, 1.54) is 0 Å². The molecule has 102 valence electrons. The average molecular weight is 408 g/mol. The van der Waals surface area contributed by atoms with Crippen molar-refractivity contribution in [2.24, 2.45) is 0 Å². The van der Waals surface area contributed by atoms with Crippen molar-refractivity contribution in [2.45, 2.75) is 13.0 Å². The quantitative estimate of drug-likeness (QED) is 0.767. The van der Waals surface area contributed by atoms with Crippen molar-refractivity contribution in [3.05, 3.63) is 20.9 Å². The van der Waals surface area contributed by atoms with Crippen LogP contribution in [0.4, 0.5) is 5.13 Å². The van der Waals surface area contributed by atoms with Crippen molar-refractivity contribution in [2.75, 3.05) is 24.6 Å². The summed E-state index contributed by atoms with van der Waals surface area (Å²) in [6.45, 7) is 4.63. The predicted molar refractivity (Wildman–Crippen MR) is 82.3 cm³/mol. The van der Waals surface area contributed by atoms with Gasteiger partial charge in [0, 0.05) is 24.7 Å². The number of hydrogen-bond donors (Lipinski definition) is 0. The molecule has 2 aromatic heterocycles. The van der Waals surface area contributed by atoms with Crippen LogP contribution in [0.2, 0.25) is 0 Å². The van der Waals surface area contributed by atoms with Gasteiger partial charge in [-0.25, -0.2) is 9.97 Å². The van der Waals surface area contributed by atoms with Crippen LogP contribution in [0.25, 0.3) is 5.82 Å². The molecule has 1 saturated heterocycles. The molecule has 1 fully saturated rings. The van der Waals surface area contributed by atoms with E-state index < -0.39 is 0 Å². The van der Waals surface area contributed by atoms with Gasteiger partial charge in [-0.15, -0.1) is 11.3 Å². The van der Waals surface area contributed by atoms with Gasteiger partial charge in [0.15, 0.2) is 15.7 Å². The summed E-state index contributed by atoms with van der Waals surface area (Å²) < 4.78 is 8.99. The monoisotopic (exact) mass is 406 g/mol. The Morgan fingerprint density at radius 1 is 1.42 bits per heavy atom. The zero-order valence-corrected chi connectivity index (χ0v) is 14.2. The minimum absolute atomic E-state index is 0.259. The maximum Gasteiger partial charge on any atom is 0.187 e. The number of ether oxygens (including phenoxy) is 1. The second-order valence-corrected chi connectivity index (χ2v) is 6.68. The molecule has 1 unspecified atom stereocenters. The summed E-state index contributed by atoms with van der Waals surface area (Å²) in [5, 5.41) is 3.07. The van der Waals surface area contributed by atoms with Gasteiger partial charge >= 0.3 is 0 Å². The minimum atomic E-state index is 0.259. The second-order valence-electron chi connectivity index (χ2n) is 4.32. The molecule has 0 bridgehead atoms.